The van der Waals surface area contributed by atoms with E-state index in [4.69, 9.17) is 11.6 Å². The lowest BCUT2D eigenvalue weighted by Crippen LogP contribution is -1.93. The minimum atomic E-state index is -0.695. The predicted molar refractivity (Wildman–Crippen MR) is 69.9 cm³/mol. The van der Waals surface area contributed by atoms with E-state index in [2.05, 4.69) is 15.9 Å². The van der Waals surface area contributed by atoms with Gasteiger partial charge in [0.1, 0.15) is 5.82 Å². The molecule has 2 rings (SSSR count). The molecule has 0 amide bonds. The number of carbonyl (C=O) groups is 1. The highest BCUT2D eigenvalue weighted by atomic mass is 79.9. The van der Waals surface area contributed by atoms with Crippen molar-refractivity contribution >= 4 is 33.8 Å². The van der Waals surface area contributed by atoms with Crippen molar-refractivity contribution in [2.45, 2.75) is 0 Å². The summed E-state index contributed by atoms with van der Waals surface area (Å²) in [6.45, 7) is 0. The molecule has 5 heteroatoms. The third kappa shape index (κ3) is 2.31. The van der Waals surface area contributed by atoms with Gasteiger partial charge in [-0.15, -0.1) is 0 Å². The Morgan fingerprint density at radius 3 is 2.50 bits per heavy atom. The maximum Gasteiger partial charge on any atom is 0.150 e. The van der Waals surface area contributed by atoms with E-state index in [0.717, 1.165) is 12.1 Å². The van der Waals surface area contributed by atoms with Gasteiger partial charge in [0, 0.05) is 15.6 Å². The summed E-state index contributed by atoms with van der Waals surface area (Å²) in [5.41, 5.74) is 0.468. The second kappa shape index (κ2) is 5.16. The molecule has 1 nitrogen and oxygen atoms in total. The SMILES string of the molecule is O=Cc1ccc(F)cc1-c1ccc(Br)c(Cl)c1F. The third-order valence-electron chi connectivity index (χ3n) is 2.47. The maximum absolute atomic E-state index is 14.0. The molecule has 2 aromatic rings. The Morgan fingerprint density at radius 1 is 1.11 bits per heavy atom. The number of benzene rings is 2. The van der Waals surface area contributed by atoms with E-state index in [-0.39, 0.29) is 21.7 Å². The third-order valence-corrected chi connectivity index (χ3v) is 3.73. The van der Waals surface area contributed by atoms with Gasteiger partial charge in [-0.05, 0) is 45.8 Å². The first-order valence-electron chi connectivity index (χ1n) is 4.93. The van der Waals surface area contributed by atoms with E-state index in [9.17, 15) is 13.6 Å². The van der Waals surface area contributed by atoms with Crippen molar-refractivity contribution in [3.8, 4) is 11.1 Å². The molecule has 0 bridgehead atoms. The summed E-state index contributed by atoms with van der Waals surface area (Å²) in [4.78, 5) is 10.9. The molecule has 0 aliphatic heterocycles. The smallest absolute Gasteiger partial charge is 0.150 e. The highest BCUT2D eigenvalue weighted by molar-refractivity contribution is 9.10. The summed E-state index contributed by atoms with van der Waals surface area (Å²) in [7, 11) is 0. The highest BCUT2D eigenvalue weighted by Gasteiger charge is 2.15. The van der Waals surface area contributed by atoms with Crippen molar-refractivity contribution in [2.24, 2.45) is 0 Å². The molecule has 0 saturated carbocycles. The van der Waals surface area contributed by atoms with Gasteiger partial charge >= 0.3 is 0 Å². The van der Waals surface area contributed by atoms with E-state index >= 15 is 0 Å². The van der Waals surface area contributed by atoms with Crippen LogP contribution in [0.4, 0.5) is 8.78 Å². The molecule has 0 atom stereocenters. The average Bonchev–Trinajstić information content (AvgIpc) is 2.36. The van der Waals surface area contributed by atoms with E-state index in [1.54, 1.807) is 6.07 Å². The second-order valence-corrected chi connectivity index (χ2v) is 4.80. The van der Waals surface area contributed by atoms with Gasteiger partial charge < -0.3 is 0 Å². The van der Waals surface area contributed by atoms with Crippen LogP contribution in [-0.2, 0) is 0 Å². The van der Waals surface area contributed by atoms with Crippen molar-refractivity contribution in [2.75, 3.05) is 0 Å². The van der Waals surface area contributed by atoms with Crippen molar-refractivity contribution in [1.82, 2.24) is 0 Å². The molecular formula is C13H6BrClF2O. The highest BCUT2D eigenvalue weighted by Crippen LogP contribution is 2.34. The minimum absolute atomic E-state index is 0.0878. The van der Waals surface area contributed by atoms with Crippen LogP contribution in [0.1, 0.15) is 10.4 Å². The van der Waals surface area contributed by atoms with Crippen LogP contribution < -0.4 is 0 Å². The normalized spacial score (nSPS) is 10.4. The molecule has 0 saturated heterocycles. The van der Waals surface area contributed by atoms with Crippen LogP contribution in [0.2, 0.25) is 5.02 Å². The fraction of sp³-hybridized carbons (Fsp3) is 0. The fourth-order valence-corrected chi connectivity index (χ4v) is 2.07. The molecule has 0 aliphatic carbocycles. The monoisotopic (exact) mass is 330 g/mol. The van der Waals surface area contributed by atoms with Crippen molar-refractivity contribution < 1.29 is 13.6 Å². The Kier molecular flexibility index (Phi) is 3.78. The molecule has 0 aromatic heterocycles. The van der Waals surface area contributed by atoms with Crippen LogP contribution in [0.5, 0.6) is 0 Å². The van der Waals surface area contributed by atoms with Gasteiger partial charge in [-0.2, -0.15) is 0 Å². The number of carbonyl (C=O) groups excluding carboxylic acids is 1. The Labute approximate surface area is 116 Å². The van der Waals surface area contributed by atoms with Crippen molar-refractivity contribution in [1.29, 1.82) is 0 Å². The lowest BCUT2D eigenvalue weighted by molar-refractivity contribution is 0.112. The number of hydrogen-bond acceptors (Lipinski definition) is 1. The van der Waals surface area contributed by atoms with Gasteiger partial charge in [-0.3, -0.25) is 4.79 Å². The second-order valence-electron chi connectivity index (χ2n) is 3.57. The van der Waals surface area contributed by atoms with Crippen molar-refractivity contribution in [3.63, 3.8) is 0 Å². The summed E-state index contributed by atoms with van der Waals surface area (Å²) >= 11 is 8.85. The molecular weight excluding hydrogens is 325 g/mol. The van der Waals surface area contributed by atoms with Gasteiger partial charge in [0.05, 0.1) is 5.02 Å². The largest absolute Gasteiger partial charge is 0.298 e. The van der Waals surface area contributed by atoms with Crippen LogP contribution >= 0.6 is 27.5 Å². The molecule has 0 heterocycles. The van der Waals surface area contributed by atoms with Crippen LogP contribution in [0.15, 0.2) is 34.8 Å². The van der Waals surface area contributed by atoms with Crippen molar-refractivity contribution in [3.05, 3.63) is 57.0 Å². The van der Waals surface area contributed by atoms with Crippen LogP contribution in [0.25, 0.3) is 11.1 Å². The maximum atomic E-state index is 14.0. The number of halogens is 4. The Balaban J connectivity index is 2.72. The first kappa shape index (κ1) is 13.2. The summed E-state index contributed by atoms with van der Waals surface area (Å²) in [5.74, 6) is -1.24. The zero-order valence-corrected chi connectivity index (χ0v) is 11.2. The lowest BCUT2D eigenvalue weighted by atomic mass is 10.00. The molecule has 2 aromatic carbocycles. The van der Waals surface area contributed by atoms with Gasteiger partial charge in [-0.25, -0.2) is 8.78 Å². The zero-order chi connectivity index (χ0) is 13.3. The summed E-state index contributed by atoms with van der Waals surface area (Å²) in [5, 5.41) is -0.103. The van der Waals surface area contributed by atoms with Crippen LogP contribution in [-0.4, -0.2) is 6.29 Å². The fourth-order valence-electron chi connectivity index (χ4n) is 1.60. The lowest BCUT2D eigenvalue weighted by Gasteiger charge is -2.08. The van der Waals surface area contributed by atoms with Crippen LogP contribution in [0, 0.1) is 11.6 Å². The van der Waals surface area contributed by atoms with Gasteiger partial charge in [0.25, 0.3) is 0 Å². The van der Waals surface area contributed by atoms with Gasteiger partial charge in [0.15, 0.2) is 12.1 Å². The minimum Gasteiger partial charge on any atom is -0.298 e. The molecule has 0 N–H and O–H groups in total. The number of rotatable bonds is 2. The molecule has 92 valence electrons. The van der Waals surface area contributed by atoms with Gasteiger partial charge in [0.2, 0.25) is 0 Å². The first-order chi connectivity index (χ1) is 8.54. The Hall–Kier alpha value is -1.26. The number of aldehydes is 1. The molecule has 0 aliphatic rings. The Bertz CT molecular complexity index is 629. The molecule has 0 spiro atoms. The summed E-state index contributed by atoms with van der Waals surface area (Å²) < 4.78 is 27.6. The molecule has 0 radical (unpaired) electrons. The molecule has 0 unspecified atom stereocenters. The molecule has 0 fully saturated rings. The Morgan fingerprint density at radius 2 is 1.83 bits per heavy atom. The van der Waals surface area contributed by atoms with Gasteiger partial charge in [-0.1, -0.05) is 17.7 Å². The summed E-state index contributed by atoms with van der Waals surface area (Å²) in [6.07, 6.45) is 0.546. The standard InChI is InChI=1S/C13H6BrClF2O/c14-11-4-3-9(13(17)12(11)15)10-5-8(16)2-1-7(10)6-18/h1-6H. The number of hydrogen-bond donors (Lipinski definition) is 0. The topological polar surface area (TPSA) is 17.1 Å². The average molecular weight is 332 g/mol. The van der Waals surface area contributed by atoms with E-state index in [0.29, 0.717) is 10.8 Å². The predicted octanol–water partition coefficient (Wildman–Crippen LogP) is 4.86. The van der Waals surface area contributed by atoms with E-state index in [1.807, 2.05) is 0 Å². The van der Waals surface area contributed by atoms with Crippen LogP contribution in [0.3, 0.4) is 0 Å². The summed E-state index contributed by atoms with van der Waals surface area (Å²) in [6, 6.07) is 6.53. The van der Waals surface area contributed by atoms with E-state index in [1.165, 1.54) is 12.1 Å². The zero-order valence-electron chi connectivity index (χ0n) is 8.88. The van der Waals surface area contributed by atoms with E-state index < -0.39 is 11.6 Å². The molecule has 18 heavy (non-hydrogen) atoms. The first-order valence-corrected chi connectivity index (χ1v) is 6.10. The quantitative estimate of drug-likeness (QED) is 0.567.